The van der Waals surface area contributed by atoms with E-state index in [2.05, 4.69) is 16.9 Å². The van der Waals surface area contributed by atoms with Crippen LogP contribution in [0.5, 0.6) is 0 Å². The molecule has 5 heteroatoms. The fourth-order valence-electron chi connectivity index (χ4n) is 1.54. The van der Waals surface area contributed by atoms with Gasteiger partial charge in [0.05, 0.1) is 6.54 Å². The number of nitrogens with zero attached hydrogens (tertiary/aromatic N) is 3. The van der Waals surface area contributed by atoms with Crippen molar-refractivity contribution in [2.75, 3.05) is 12.3 Å². The number of hydrogen-bond donors (Lipinski definition) is 1. The molecular weight excluding hydrogens is 216 g/mol. The third-order valence-electron chi connectivity index (χ3n) is 2.61. The number of carbonyl (C=O) groups is 1. The van der Waals surface area contributed by atoms with Crippen molar-refractivity contribution in [2.24, 2.45) is 0 Å². The lowest BCUT2D eigenvalue weighted by Crippen LogP contribution is -2.29. The number of unbranched alkanes of at least 4 members (excludes halogenated alkanes) is 1. The van der Waals surface area contributed by atoms with Crippen LogP contribution in [0.4, 0.5) is 5.82 Å². The minimum absolute atomic E-state index is 0.0541. The first kappa shape index (κ1) is 13.4. The molecule has 1 amide bonds. The highest BCUT2D eigenvalue weighted by molar-refractivity contribution is 5.73. The molecule has 0 fully saturated rings. The topological polar surface area (TPSA) is 72.1 Å². The van der Waals surface area contributed by atoms with Crippen molar-refractivity contribution in [3.05, 3.63) is 17.6 Å². The summed E-state index contributed by atoms with van der Waals surface area (Å²) in [6.45, 7) is 6.70. The summed E-state index contributed by atoms with van der Waals surface area (Å²) in [7, 11) is 0. The molecule has 0 atom stereocenters. The molecule has 0 radical (unpaired) electrons. The molecule has 1 heterocycles. The van der Waals surface area contributed by atoms with Gasteiger partial charge in [-0.15, -0.1) is 0 Å². The molecule has 0 aliphatic rings. The average Bonchev–Trinajstić information content (AvgIpc) is 2.26. The lowest BCUT2D eigenvalue weighted by Gasteiger charge is -2.21. The molecule has 5 nitrogen and oxygen atoms in total. The van der Waals surface area contributed by atoms with Crippen LogP contribution in [0.2, 0.25) is 0 Å². The third kappa shape index (κ3) is 4.01. The lowest BCUT2D eigenvalue weighted by molar-refractivity contribution is -0.129. The molecule has 0 aliphatic heterocycles. The molecule has 0 aromatic carbocycles. The Morgan fingerprint density at radius 3 is 2.76 bits per heavy atom. The molecule has 0 bridgehead atoms. The lowest BCUT2D eigenvalue weighted by atomic mass is 10.2. The van der Waals surface area contributed by atoms with E-state index in [1.165, 1.54) is 0 Å². The van der Waals surface area contributed by atoms with Crippen LogP contribution in [0.25, 0.3) is 0 Å². The van der Waals surface area contributed by atoms with E-state index in [9.17, 15) is 4.79 Å². The predicted molar refractivity (Wildman–Crippen MR) is 67.2 cm³/mol. The second-order valence-corrected chi connectivity index (χ2v) is 4.12. The SMILES string of the molecule is CCCCN(Cc1cnc(C)nc1N)C(C)=O. The summed E-state index contributed by atoms with van der Waals surface area (Å²) in [5.41, 5.74) is 6.62. The summed E-state index contributed by atoms with van der Waals surface area (Å²) in [5, 5.41) is 0. The summed E-state index contributed by atoms with van der Waals surface area (Å²) in [4.78, 5) is 21.4. The largest absolute Gasteiger partial charge is 0.383 e. The molecule has 1 rings (SSSR count). The Labute approximate surface area is 102 Å². The second kappa shape index (κ2) is 6.18. The molecule has 0 unspecified atom stereocenters. The van der Waals surface area contributed by atoms with Gasteiger partial charge in [-0.1, -0.05) is 13.3 Å². The number of rotatable bonds is 5. The van der Waals surface area contributed by atoms with Crippen LogP contribution in [-0.2, 0) is 11.3 Å². The van der Waals surface area contributed by atoms with Crippen molar-refractivity contribution in [2.45, 2.75) is 40.2 Å². The number of aryl methyl sites for hydroxylation is 1. The van der Waals surface area contributed by atoms with Gasteiger partial charge < -0.3 is 10.6 Å². The summed E-state index contributed by atoms with van der Waals surface area (Å²) >= 11 is 0. The van der Waals surface area contributed by atoms with Crippen molar-refractivity contribution in [3.8, 4) is 0 Å². The van der Waals surface area contributed by atoms with Crippen LogP contribution in [0.3, 0.4) is 0 Å². The minimum Gasteiger partial charge on any atom is -0.383 e. The number of anilines is 1. The second-order valence-electron chi connectivity index (χ2n) is 4.12. The van der Waals surface area contributed by atoms with E-state index in [1.807, 2.05) is 0 Å². The molecule has 0 aliphatic carbocycles. The van der Waals surface area contributed by atoms with E-state index in [-0.39, 0.29) is 5.91 Å². The first-order valence-electron chi connectivity index (χ1n) is 5.88. The zero-order chi connectivity index (χ0) is 12.8. The van der Waals surface area contributed by atoms with Gasteiger partial charge in [0.1, 0.15) is 11.6 Å². The minimum atomic E-state index is 0.0541. The van der Waals surface area contributed by atoms with Gasteiger partial charge >= 0.3 is 0 Å². The number of nitrogens with two attached hydrogens (primary N) is 1. The van der Waals surface area contributed by atoms with Gasteiger partial charge in [0.15, 0.2) is 0 Å². The Hall–Kier alpha value is -1.65. The number of amides is 1. The summed E-state index contributed by atoms with van der Waals surface area (Å²) in [6.07, 6.45) is 3.75. The number of carbonyl (C=O) groups excluding carboxylic acids is 1. The molecule has 0 saturated heterocycles. The molecule has 1 aromatic rings. The van der Waals surface area contributed by atoms with E-state index in [0.29, 0.717) is 18.2 Å². The molecule has 0 saturated carbocycles. The highest BCUT2D eigenvalue weighted by Gasteiger charge is 2.11. The molecule has 94 valence electrons. The smallest absolute Gasteiger partial charge is 0.219 e. The molecular formula is C12H20N4O. The van der Waals surface area contributed by atoms with E-state index in [0.717, 1.165) is 24.9 Å². The van der Waals surface area contributed by atoms with Gasteiger partial charge in [0, 0.05) is 25.2 Å². The third-order valence-corrected chi connectivity index (χ3v) is 2.61. The highest BCUT2D eigenvalue weighted by atomic mass is 16.2. The Bertz CT molecular complexity index is 392. The maximum atomic E-state index is 11.5. The average molecular weight is 236 g/mol. The van der Waals surface area contributed by atoms with E-state index in [1.54, 1.807) is 24.9 Å². The van der Waals surface area contributed by atoms with Crippen LogP contribution in [-0.4, -0.2) is 27.3 Å². The standard InChI is InChI=1S/C12H20N4O/c1-4-5-6-16(10(3)17)8-11-7-14-9(2)15-12(11)13/h7H,4-6,8H2,1-3H3,(H2,13,14,15). The predicted octanol–water partition coefficient (Wildman–Crippen LogP) is 1.52. The number of hydrogen-bond acceptors (Lipinski definition) is 4. The first-order chi connectivity index (χ1) is 8.04. The van der Waals surface area contributed by atoms with Crippen molar-refractivity contribution in [1.82, 2.24) is 14.9 Å². The van der Waals surface area contributed by atoms with Crippen molar-refractivity contribution >= 4 is 11.7 Å². The maximum Gasteiger partial charge on any atom is 0.219 e. The van der Waals surface area contributed by atoms with Crippen LogP contribution in [0.15, 0.2) is 6.20 Å². The van der Waals surface area contributed by atoms with Crippen LogP contribution in [0, 0.1) is 6.92 Å². The fraction of sp³-hybridized carbons (Fsp3) is 0.583. The molecule has 1 aromatic heterocycles. The van der Waals surface area contributed by atoms with Gasteiger partial charge in [0.25, 0.3) is 0 Å². The Balaban J connectivity index is 2.75. The zero-order valence-corrected chi connectivity index (χ0v) is 10.7. The van der Waals surface area contributed by atoms with Gasteiger partial charge in [-0.3, -0.25) is 4.79 Å². The van der Waals surface area contributed by atoms with E-state index >= 15 is 0 Å². The molecule has 0 spiro atoms. The highest BCUT2D eigenvalue weighted by Crippen LogP contribution is 2.11. The van der Waals surface area contributed by atoms with Gasteiger partial charge in [-0.2, -0.15) is 0 Å². The summed E-state index contributed by atoms with van der Waals surface area (Å²) < 4.78 is 0. The summed E-state index contributed by atoms with van der Waals surface area (Å²) in [5.74, 6) is 1.16. The maximum absolute atomic E-state index is 11.5. The van der Waals surface area contributed by atoms with Crippen LogP contribution in [0.1, 0.15) is 38.1 Å². The van der Waals surface area contributed by atoms with Crippen LogP contribution < -0.4 is 5.73 Å². The zero-order valence-electron chi connectivity index (χ0n) is 10.7. The van der Waals surface area contributed by atoms with E-state index in [4.69, 9.17) is 5.73 Å². The monoisotopic (exact) mass is 236 g/mol. The van der Waals surface area contributed by atoms with Crippen LogP contribution >= 0.6 is 0 Å². The van der Waals surface area contributed by atoms with Crippen molar-refractivity contribution < 1.29 is 4.79 Å². The molecule has 2 N–H and O–H groups in total. The quantitative estimate of drug-likeness (QED) is 0.841. The van der Waals surface area contributed by atoms with Crippen molar-refractivity contribution in [1.29, 1.82) is 0 Å². The van der Waals surface area contributed by atoms with Gasteiger partial charge in [-0.25, -0.2) is 9.97 Å². The van der Waals surface area contributed by atoms with E-state index < -0.39 is 0 Å². The van der Waals surface area contributed by atoms with Crippen molar-refractivity contribution in [3.63, 3.8) is 0 Å². The number of aromatic nitrogens is 2. The summed E-state index contributed by atoms with van der Waals surface area (Å²) in [6, 6.07) is 0. The number of nitrogen functional groups attached to an aromatic ring is 1. The first-order valence-corrected chi connectivity index (χ1v) is 5.88. The fourth-order valence-corrected chi connectivity index (χ4v) is 1.54. The Morgan fingerprint density at radius 1 is 1.53 bits per heavy atom. The normalized spacial score (nSPS) is 10.3. The Morgan fingerprint density at radius 2 is 2.24 bits per heavy atom. The van der Waals surface area contributed by atoms with Gasteiger partial charge in [0.2, 0.25) is 5.91 Å². The Kier molecular flexibility index (Phi) is 4.87. The molecule has 17 heavy (non-hydrogen) atoms. The van der Waals surface area contributed by atoms with Gasteiger partial charge in [-0.05, 0) is 13.3 Å².